The normalized spacial score (nSPS) is 25.3. The van der Waals surface area contributed by atoms with Crippen molar-refractivity contribution < 1.29 is 23.1 Å². The molecule has 2 aliphatic heterocycles. The van der Waals surface area contributed by atoms with Crippen LogP contribution in [0.3, 0.4) is 0 Å². The van der Waals surface area contributed by atoms with Gasteiger partial charge < -0.3 is 20.2 Å². The van der Waals surface area contributed by atoms with Gasteiger partial charge in [0.15, 0.2) is 5.82 Å². The predicted molar refractivity (Wildman–Crippen MR) is 144 cm³/mol. The van der Waals surface area contributed by atoms with Crippen LogP contribution < -0.4 is 10.2 Å². The summed E-state index contributed by atoms with van der Waals surface area (Å²) in [6, 6.07) is 7.91. The second-order valence-corrected chi connectivity index (χ2v) is 11.2. The van der Waals surface area contributed by atoms with Gasteiger partial charge in [0.2, 0.25) is 5.91 Å². The third-order valence-electron chi connectivity index (χ3n) is 8.48. The average Bonchev–Trinajstić information content (AvgIpc) is 3.42. The van der Waals surface area contributed by atoms with Gasteiger partial charge in [0.05, 0.1) is 17.2 Å². The summed E-state index contributed by atoms with van der Waals surface area (Å²) < 4.78 is 39.1. The molecule has 41 heavy (non-hydrogen) atoms. The number of nitrogens with zero attached hydrogens (tertiary/aromatic N) is 6. The number of hydrogen-bond donors (Lipinski definition) is 2. The Kier molecular flexibility index (Phi) is 7.37. The van der Waals surface area contributed by atoms with E-state index in [4.69, 9.17) is 0 Å². The zero-order valence-electron chi connectivity index (χ0n) is 22.5. The molecule has 6 rings (SSSR count). The summed E-state index contributed by atoms with van der Waals surface area (Å²) in [5.74, 6) is 0.657. The summed E-state index contributed by atoms with van der Waals surface area (Å²) in [6.45, 7) is 2.02. The number of aromatic nitrogens is 4. The Balaban J connectivity index is 0.960. The van der Waals surface area contributed by atoms with Crippen molar-refractivity contribution in [2.45, 2.75) is 56.0 Å². The molecule has 1 atom stereocenters. The van der Waals surface area contributed by atoms with Crippen LogP contribution in [0.2, 0.25) is 0 Å². The lowest BCUT2D eigenvalue weighted by Gasteiger charge is -2.41. The van der Waals surface area contributed by atoms with Crippen molar-refractivity contribution in [2.24, 2.45) is 5.92 Å². The number of pyridine rings is 2. The van der Waals surface area contributed by atoms with Gasteiger partial charge >= 0.3 is 6.18 Å². The highest BCUT2D eigenvalue weighted by Crippen LogP contribution is 2.37. The molecule has 2 N–H and O–H groups in total. The summed E-state index contributed by atoms with van der Waals surface area (Å²) >= 11 is 0. The number of alkyl halides is 3. The van der Waals surface area contributed by atoms with Crippen molar-refractivity contribution in [1.82, 2.24) is 30.2 Å². The quantitative estimate of drug-likeness (QED) is 0.467. The molecule has 3 aromatic heterocycles. The fourth-order valence-corrected chi connectivity index (χ4v) is 6.05. The third-order valence-corrected chi connectivity index (χ3v) is 8.48. The van der Waals surface area contributed by atoms with E-state index in [1.807, 2.05) is 17.0 Å². The number of likely N-dealkylation sites (tertiary alicyclic amines) is 1. The van der Waals surface area contributed by atoms with Crippen molar-refractivity contribution in [3.8, 4) is 11.4 Å². The lowest BCUT2D eigenvalue weighted by molar-refractivity contribution is -0.138. The molecule has 216 valence electrons. The van der Waals surface area contributed by atoms with E-state index in [9.17, 15) is 23.1 Å². The van der Waals surface area contributed by atoms with Crippen molar-refractivity contribution in [3.05, 3.63) is 66.4 Å². The zero-order valence-corrected chi connectivity index (χ0v) is 22.5. The van der Waals surface area contributed by atoms with Crippen LogP contribution in [-0.4, -0.2) is 74.1 Å². The summed E-state index contributed by atoms with van der Waals surface area (Å²) in [6.07, 6.45) is 5.43. The highest BCUT2D eigenvalue weighted by atomic mass is 19.4. The van der Waals surface area contributed by atoms with Gasteiger partial charge in [0, 0.05) is 68.6 Å². The second-order valence-electron chi connectivity index (χ2n) is 11.2. The Morgan fingerprint density at radius 1 is 0.951 bits per heavy atom. The van der Waals surface area contributed by atoms with Gasteiger partial charge in [-0.25, -0.2) is 15.0 Å². The van der Waals surface area contributed by atoms with Gasteiger partial charge in [0.1, 0.15) is 11.4 Å². The highest BCUT2D eigenvalue weighted by Gasteiger charge is 2.41. The molecule has 2 saturated heterocycles. The Bertz CT molecular complexity index is 1360. The molecule has 9 nitrogen and oxygen atoms in total. The number of nitrogens with one attached hydrogen (secondary N) is 1. The topological polar surface area (TPSA) is 107 Å². The minimum Gasteiger partial charge on any atom is -0.384 e. The number of carbonyl (C=O) groups is 1. The monoisotopic (exact) mass is 567 g/mol. The fraction of sp³-hybridized carbons (Fsp3) is 0.483. The van der Waals surface area contributed by atoms with Crippen molar-refractivity contribution in [1.29, 1.82) is 0 Å². The van der Waals surface area contributed by atoms with Crippen LogP contribution >= 0.6 is 0 Å². The van der Waals surface area contributed by atoms with Crippen LogP contribution in [-0.2, 0) is 16.6 Å². The molecule has 0 radical (unpaired) electrons. The van der Waals surface area contributed by atoms with Crippen LogP contribution in [0.1, 0.15) is 43.4 Å². The van der Waals surface area contributed by atoms with E-state index in [2.05, 4.69) is 25.3 Å². The first-order chi connectivity index (χ1) is 19.7. The summed E-state index contributed by atoms with van der Waals surface area (Å²) in [5, 5.41) is 15.0. The molecule has 5 heterocycles. The fourth-order valence-electron chi connectivity index (χ4n) is 6.05. The van der Waals surface area contributed by atoms with Gasteiger partial charge in [0.25, 0.3) is 0 Å². The maximum atomic E-state index is 13.0. The smallest absolute Gasteiger partial charge is 0.384 e. The molecule has 0 unspecified atom stereocenters. The minimum atomic E-state index is -4.42. The van der Waals surface area contributed by atoms with Crippen molar-refractivity contribution in [2.75, 3.05) is 31.1 Å². The second kappa shape index (κ2) is 11.0. The maximum absolute atomic E-state index is 13.0. The lowest BCUT2D eigenvalue weighted by Crippen LogP contribution is -2.55. The van der Waals surface area contributed by atoms with E-state index >= 15 is 0 Å². The highest BCUT2D eigenvalue weighted by molar-refractivity contribution is 5.82. The van der Waals surface area contributed by atoms with Crippen LogP contribution in [0.15, 0.2) is 55.1 Å². The molecule has 0 aromatic carbocycles. The van der Waals surface area contributed by atoms with Crippen molar-refractivity contribution >= 4 is 11.7 Å². The summed E-state index contributed by atoms with van der Waals surface area (Å²) in [4.78, 5) is 33.7. The zero-order chi connectivity index (χ0) is 28.6. The van der Waals surface area contributed by atoms with Crippen molar-refractivity contribution in [3.63, 3.8) is 0 Å². The molecule has 0 spiro atoms. The van der Waals surface area contributed by atoms with Gasteiger partial charge in [-0.05, 0) is 62.4 Å². The first-order valence-electron chi connectivity index (χ1n) is 14.0. The number of anilines is 1. The number of hydrogen-bond acceptors (Lipinski definition) is 8. The third kappa shape index (κ3) is 5.89. The Labute approximate surface area is 235 Å². The number of amides is 1. The maximum Gasteiger partial charge on any atom is 0.416 e. The molecule has 3 fully saturated rings. The Morgan fingerprint density at radius 3 is 2.39 bits per heavy atom. The number of rotatable bonds is 6. The SMILES string of the molecule is O=C(C1CN(c2cc(C(F)(F)F)ccn2)C1)N1CC[C@H](NC2CCC(O)(c3ccc(-c4ncccn4)cn3)CC2)C1. The standard InChI is InChI=1S/C29H32F3N7O2/c30-29(31,32)21-6-12-33-25(14-21)39-16-20(17-39)27(40)38-13-7-23(18-38)37-22-4-8-28(41,9-5-22)24-3-2-19(15-36-24)26-34-10-1-11-35-26/h1-3,6,10-12,14-15,20,22-23,37,41H,4-5,7-9,13,16-18H2/t22?,23-,28?/m0/s1. The van der Waals surface area contributed by atoms with Gasteiger partial charge in [-0.1, -0.05) is 0 Å². The number of carbonyl (C=O) groups excluding carboxylic acids is 1. The van der Waals surface area contributed by atoms with E-state index in [1.165, 1.54) is 0 Å². The van der Waals surface area contributed by atoms with E-state index in [-0.39, 0.29) is 29.7 Å². The van der Waals surface area contributed by atoms with E-state index < -0.39 is 17.3 Å². The van der Waals surface area contributed by atoms with Crippen LogP contribution in [0, 0.1) is 5.92 Å². The Morgan fingerprint density at radius 2 is 1.71 bits per heavy atom. The summed E-state index contributed by atoms with van der Waals surface area (Å²) in [7, 11) is 0. The van der Waals surface area contributed by atoms with Gasteiger partial charge in [-0.15, -0.1) is 0 Å². The number of halogens is 3. The lowest BCUT2D eigenvalue weighted by atomic mass is 9.79. The molecule has 1 aliphatic carbocycles. The molecular weight excluding hydrogens is 535 g/mol. The molecule has 1 amide bonds. The van der Waals surface area contributed by atoms with E-state index in [1.54, 1.807) is 29.6 Å². The van der Waals surface area contributed by atoms with Gasteiger partial charge in [-0.2, -0.15) is 13.2 Å². The van der Waals surface area contributed by atoms with Crippen LogP contribution in [0.5, 0.6) is 0 Å². The van der Waals surface area contributed by atoms with Gasteiger partial charge in [-0.3, -0.25) is 9.78 Å². The van der Waals surface area contributed by atoms with E-state index in [0.29, 0.717) is 50.5 Å². The average molecular weight is 568 g/mol. The molecule has 1 saturated carbocycles. The molecule has 12 heteroatoms. The first-order valence-corrected chi connectivity index (χ1v) is 14.0. The molecule has 3 aliphatic rings. The molecule has 3 aromatic rings. The molecular formula is C29H32F3N7O2. The van der Waals surface area contributed by atoms with Crippen LogP contribution in [0.25, 0.3) is 11.4 Å². The Hall–Kier alpha value is -3.64. The minimum absolute atomic E-state index is 0.0472. The van der Waals surface area contributed by atoms with E-state index in [0.717, 1.165) is 43.2 Å². The molecule has 0 bridgehead atoms. The predicted octanol–water partition coefficient (Wildman–Crippen LogP) is 3.41. The van der Waals surface area contributed by atoms with Crippen LogP contribution in [0.4, 0.5) is 19.0 Å². The number of aliphatic hydroxyl groups is 1. The first kappa shape index (κ1) is 27.5. The largest absolute Gasteiger partial charge is 0.416 e. The summed E-state index contributed by atoms with van der Waals surface area (Å²) in [5.41, 5.74) is -0.255.